The lowest BCUT2D eigenvalue weighted by molar-refractivity contribution is -0.160. The number of ether oxygens (including phenoxy) is 1. The van der Waals surface area contributed by atoms with Gasteiger partial charge in [-0.25, -0.2) is 18.2 Å². The van der Waals surface area contributed by atoms with Crippen molar-refractivity contribution in [2.75, 3.05) is 24.6 Å². The number of fused-ring (bicyclic) bond motifs is 2. The number of hydrogen-bond donors (Lipinski definition) is 1. The van der Waals surface area contributed by atoms with Gasteiger partial charge in [0.2, 0.25) is 0 Å². The molecule has 0 radical (unpaired) electrons. The van der Waals surface area contributed by atoms with Gasteiger partial charge in [0, 0.05) is 46.1 Å². The summed E-state index contributed by atoms with van der Waals surface area (Å²) < 4.78 is 32.5. The summed E-state index contributed by atoms with van der Waals surface area (Å²) in [7, 11) is -0.882. The molecule has 2 saturated heterocycles. The summed E-state index contributed by atoms with van der Waals surface area (Å²) in [4.78, 5) is 20.1. The van der Waals surface area contributed by atoms with Crippen LogP contribution >= 0.6 is 22.9 Å². The zero-order valence-electron chi connectivity index (χ0n) is 27.7. The lowest BCUT2D eigenvalue weighted by atomic mass is 9.90. The summed E-state index contributed by atoms with van der Waals surface area (Å²) in [5.41, 5.74) is 6.22. The second-order valence-corrected chi connectivity index (χ2v) is 17.7. The molecule has 1 unspecified atom stereocenters. The quantitative estimate of drug-likeness (QED) is 0.186. The van der Waals surface area contributed by atoms with E-state index >= 15 is 0 Å². The highest BCUT2D eigenvalue weighted by Crippen LogP contribution is 2.45. The van der Waals surface area contributed by atoms with Crippen LogP contribution in [-0.2, 0) is 26.4 Å². The maximum Gasteiger partial charge on any atom is 0.337 e. The summed E-state index contributed by atoms with van der Waals surface area (Å²) in [6.07, 6.45) is 0.684. The number of carbonyl (C=O) groups is 1. The highest BCUT2D eigenvalue weighted by atomic mass is 35.5. The van der Waals surface area contributed by atoms with Crippen molar-refractivity contribution in [1.82, 2.24) is 19.7 Å². The number of likely N-dealkylation sites (tertiary alicyclic amines) is 1. The predicted molar refractivity (Wildman–Crippen MR) is 192 cm³/mol. The number of rotatable bonds is 7. The number of carboxylic acid groups (broad SMARTS) is 1. The van der Waals surface area contributed by atoms with E-state index in [1.54, 1.807) is 0 Å². The molecule has 2 aromatic heterocycles. The Bertz CT molecular complexity index is 2150. The molecule has 3 aromatic carbocycles. The topological polar surface area (TPSA) is 115 Å². The molecule has 2 aliphatic heterocycles. The molecule has 5 aromatic rings. The summed E-state index contributed by atoms with van der Waals surface area (Å²) in [6, 6.07) is 15.9. The van der Waals surface area contributed by atoms with E-state index in [9.17, 15) is 18.3 Å². The van der Waals surface area contributed by atoms with E-state index in [-0.39, 0.29) is 23.5 Å². The first-order valence-corrected chi connectivity index (χ1v) is 19.2. The molecule has 2 fully saturated rings. The standard InChI is InChI=1S/C36H39ClN4O5S2/c1-20-16-27-33(30(21-6-9-24(37)10-7-21)29(20)32(35(42)43)46-36(2,3)4)47-34(38-27)23-8-11-28-26(17-23)31(39-40(28)5)22-12-14-41(15-13-22)25-18-48(44,45)19-25/h6-11,16-17,22,25,32H,12-15,18-19H2,1-5H3,(H,42,43). The molecular formula is C36H39ClN4O5S2. The number of sulfone groups is 1. The van der Waals surface area contributed by atoms with Crippen LogP contribution in [0.1, 0.15) is 62.5 Å². The minimum absolute atomic E-state index is 0.148. The first-order valence-electron chi connectivity index (χ1n) is 16.2. The van der Waals surface area contributed by atoms with Gasteiger partial charge in [-0.1, -0.05) is 23.7 Å². The molecule has 1 atom stereocenters. The third-order valence-corrected chi connectivity index (χ3v) is 12.6. The van der Waals surface area contributed by atoms with Crippen molar-refractivity contribution in [1.29, 1.82) is 0 Å². The molecule has 0 amide bonds. The fraction of sp³-hybridized carbons (Fsp3) is 0.417. The molecule has 252 valence electrons. The predicted octanol–water partition coefficient (Wildman–Crippen LogP) is 7.40. The number of aromatic nitrogens is 3. The van der Waals surface area contributed by atoms with Crippen molar-refractivity contribution < 1.29 is 23.1 Å². The molecule has 7 rings (SSSR count). The molecule has 0 spiro atoms. The van der Waals surface area contributed by atoms with Crippen LogP contribution in [0.2, 0.25) is 5.02 Å². The van der Waals surface area contributed by atoms with Crippen LogP contribution in [-0.4, -0.2) is 75.4 Å². The average molecular weight is 707 g/mol. The summed E-state index contributed by atoms with van der Waals surface area (Å²) in [5, 5.41) is 17.9. The second kappa shape index (κ2) is 12.2. The summed E-state index contributed by atoms with van der Waals surface area (Å²) in [5.74, 6) is -0.219. The van der Waals surface area contributed by atoms with Crippen molar-refractivity contribution >= 4 is 59.9 Å². The van der Waals surface area contributed by atoms with E-state index in [2.05, 4.69) is 23.1 Å². The van der Waals surface area contributed by atoms with Gasteiger partial charge in [-0.3, -0.25) is 9.58 Å². The number of carboxylic acids is 1. The Morgan fingerprint density at radius 1 is 1.06 bits per heavy atom. The normalized spacial score (nSPS) is 18.4. The van der Waals surface area contributed by atoms with Crippen molar-refractivity contribution in [2.24, 2.45) is 7.05 Å². The Morgan fingerprint density at radius 3 is 2.35 bits per heavy atom. The highest BCUT2D eigenvalue weighted by molar-refractivity contribution is 7.92. The van der Waals surface area contributed by atoms with Crippen LogP contribution in [0.25, 0.3) is 42.8 Å². The van der Waals surface area contributed by atoms with E-state index in [0.29, 0.717) is 10.6 Å². The van der Waals surface area contributed by atoms with Crippen molar-refractivity contribution in [2.45, 2.75) is 64.2 Å². The lowest BCUT2D eigenvalue weighted by Crippen LogP contribution is -2.55. The molecule has 48 heavy (non-hydrogen) atoms. The number of halogens is 1. The zero-order valence-corrected chi connectivity index (χ0v) is 30.0. The van der Waals surface area contributed by atoms with E-state index in [0.717, 1.165) is 80.0 Å². The first-order chi connectivity index (χ1) is 22.7. The minimum Gasteiger partial charge on any atom is -0.479 e. The summed E-state index contributed by atoms with van der Waals surface area (Å²) >= 11 is 7.81. The van der Waals surface area contributed by atoms with Crippen molar-refractivity contribution in [3.05, 3.63) is 70.4 Å². The Kier molecular flexibility index (Phi) is 8.43. The Morgan fingerprint density at radius 2 is 1.73 bits per heavy atom. The van der Waals surface area contributed by atoms with Crippen molar-refractivity contribution in [3.8, 4) is 21.7 Å². The molecular weight excluding hydrogens is 668 g/mol. The molecule has 4 heterocycles. The Balaban J connectivity index is 1.30. The fourth-order valence-corrected chi connectivity index (χ4v) is 9.92. The number of benzene rings is 3. The molecule has 9 nitrogen and oxygen atoms in total. The largest absolute Gasteiger partial charge is 0.479 e. The van der Waals surface area contributed by atoms with Crippen LogP contribution in [0.3, 0.4) is 0 Å². The van der Waals surface area contributed by atoms with E-state index < -0.39 is 27.5 Å². The van der Waals surface area contributed by atoms with Gasteiger partial charge in [-0.2, -0.15) is 5.10 Å². The number of aryl methyl sites for hydroxylation is 2. The van der Waals surface area contributed by atoms with Crippen LogP contribution in [0.5, 0.6) is 0 Å². The Labute approximate surface area is 289 Å². The van der Waals surface area contributed by atoms with Gasteiger partial charge in [0.15, 0.2) is 15.9 Å². The maximum atomic E-state index is 12.7. The van der Waals surface area contributed by atoms with Gasteiger partial charge >= 0.3 is 5.97 Å². The fourth-order valence-electron chi connectivity index (χ4n) is 7.18. The lowest BCUT2D eigenvalue weighted by Gasteiger charge is -2.41. The Hall–Kier alpha value is -3.35. The van der Waals surface area contributed by atoms with E-state index in [1.807, 2.05) is 69.8 Å². The van der Waals surface area contributed by atoms with Crippen LogP contribution in [0.15, 0.2) is 48.5 Å². The highest BCUT2D eigenvalue weighted by Gasteiger charge is 2.39. The van der Waals surface area contributed by atoms with Gasteiger partial charge in [0.05, 0.1) is 38.5 Å². The van der Waals surface area contributed by atoms with Gasteiger partial charge < -0.3 is 9.84 Å². The third kappa shape index (κ3) is 6.27. The molecule has 0 aliphatic carbocycles. The first kappa shape index (κ1) is 33.2. The number of piperidine rings is 1. The van der Waals surface area contributed by atoms with Gasteiger partial charge in [-0.15, -0.1) is 11.3 Å². The molecule has 12 heteroatoms. The SMILES string of the molecule is Cc1cc2nc(-c3ccc4c(c3)c(C3CCN(C5CS(=O)(=O)C5)CC3)nn4C)sc2c(-c2ccc(Cl)cc2)c1C(OC(C)(C)C)C(=O)O. The van der Waals surface area contributed by atoms with Crippen molar-refractivity contribution in [3.63, 3.8) is 0 Å². The van der Waals surface area contributed by atoms with E-state index in [4.69, 9.17) is 26.4 Å². The van der Waals surface area contributed by atoms with Crippen LogP contribution in [0.4, 0.5) is 0 Å². The third-order valence-electron chi connectivity index (χ3n) is 9.47. The minimum atomic E-state index is -2.85. The van der Waals surface area contributed by atoms with Crippen LogP contribution < -0.4 is 0 Å². The number of aliphatic carboxylic acids is 1. The number of nitrogens with zero attached hydrogens (tertiary/aromatic N) is 4. The smallest absolute Gasteiger partial charge is 0.337 e. The maximum absolute atomic E-state index is 12.7. The average Bonchev–Trinajstić information content (AvgIpc) is 3.58. The van der Waals surface area contributed by atoms with E-state index in [1.165, 1.54) is 11.3 Å². The zero-order chi connectivity index (χ0) is 34.1. The van der Waals surface area contributed by atoms with Gasteiger partial charge in [0.1, 0.15) is 5.01 Å². The number of thiazole rings is 1. The monoisotopic (exact) mass is 706 g/mol. The van der Waals surface area contributed by atoms with Gasteiger partial charge in [0.25, 0.3) is 0 Å². The summed E-state index contributed by atoms with van der Waals surface area (Å²) in [6.45, 7) is 9.22. The molecule has 1 N–H and O–H groups in total. The molecule has 2 aliphatic rings. The van der Waals surface area contributed by atoms with Crippen LogP contribution in [0, 0.1) is 6.92 Å². The number of hydrogen-bond acceptors (Lipinski definition) is 8. The molecule has 0 bridgehead atoms. The van der Waals surface area contributed by atoms with Gasteiger partial charge in [-0.05, 0) is 101 Å². The molecule has 0 saturated carbocycles. The second-order valence-electron chi connectivity index (χ2n) is 14.1.